The number of hydrogen-bond acceptors (Lipinski definition) is 5. The van der Waals surface area contributed by atoms with Gasteiger partial charge in [-0.3, -0.25) is 4.79 Å². The van der Waals surface area contributed by atoms with Crippen molar-refractivity contribution >= 4 is 57.0 Å². The van der Waals surface area contributed by atoms with Crippen LogP contribution in [0.1, 0.15) is 16.7 Å². The van der Waals surface area contributed by atoms with Crippen LogP contribution in [-0.2, 0) is 4.79 Å². The summed E-state index contributed by atoms with van der Waals surface area (Å²) < 4.78 is 0. The number of nitrogens with one attached hydrogen (secondary N) is 2. The maximum absolute atomic E-state index is 12.3. The summed E-state index contributed by atoms with van der Waals surface area (Å²) >= 11 is 7.23. The van der Waals surface area contributed by atoms with Crippen LogP contribution in [0.5, 0.6) is 0 Å². The Kier molecular flexibility index (Phi) is 4.95. The summed E-state index contributed by atoms with van der Waals surface area (Å²) in [6, 6.07) is 9.58. The molecule has 0 saturated carbocycles. The monoisotopic (exact) mass is 411 g/mol. The van der Waals surface area contributed by atoms with E-state index in [0.29, 0.717) is 21.5 Å². The van der Waals surface area contributed by atoms with Gasteiger partial charge >= 0.3 is 0 Å². The molecule has 2 heterocycles. The van der Waals surface area contributed by atoms with Gasteiger partial charge in [-0.25, -0.2) is 4.98 Å². The van der Waals surface area contributed by atoms with E-state index in [1.54, 1.807) is 12.1 Å². The molecule has 0 atom stereocenters. The van der Waals surface area contributed by atoms with Crippen LogP contribution in [0.3, 0.4) is 0 Å². The molecule has 0 unspecified atom stereocenters. The molecule has 6 nitrogen and oxygen atoms in total. The number of nitrogens with zero attached hydrogens (tertiary/aromatic N) is 3. The number of carbonyl (C=O) groups is 1. The molecule has 0 aliphatic heterocycles. The van der Waals surface area contributed by atoms with Crippen molar-refractivity contribution in [3.8, 4) is 0 Å². The van der Waals surface area contributed by atoms with E-state index in [2.05, 4.69) is 51.5 Å². The second kappa shape index (κ2) is 7.41. The molecule has 8 heteroatoms. The Morgan fingerprint density at radius 2 is 1.96 bits per heavy atom. The van der Waals surface area contributed by atoms with Gasteiger partial charge in [0.05, 0.1) is 11.3 Å². The minimum Gasteiger partial charge on any atom is -0.337 e. The van der Waals surface area contributed by atoms with Crippen LogP contribution in [0.25, 0.3) is 22.1 Å². The first-order valence-electron chi connectivity index (χ1n) is 8.73. The molecule has 4 rings (SSSR count). The Balaban J connectivity index is 1.52. The molecule has 2 aromatic carbocycles. The molecule has 0 aliphatic rings. The maximum atomic E-state index is 12.3. The van der Waals surface area contributed by atoms with E-state index in [-0.39, 0.29) is 11.7 Å². The van der Waals surface area contributed by atoms with E-state index in [4.69, 9.17) is 11.6 Å². The molecule has 142 valence electrons. The lowest BCUT2D eigenvalue weighted by Crippen LogP contribution is -2.15. The first-order valence-corrected chi connectivity index (χ1v) is 10.1. The smallest absolute Gasteiger partial charge is 0.234 e. The average molecular weight is 412 g/mol. The summed E-state index contributed by atoms with van der Waals surface area (Å²) in [5.41, 5.74) is 6.38. The lowest BCUT2D eigenvalue weighted by Gasteiger charge is -2.08. The lowest BCUT2D eigenvalue weighted by atomic mass is 10.1. The van der Waals surface area contributed by atoms with Gasteiger partial charge in [0, 0.05) is 16.1 Å². The fourth-order valence-corrected chi connectivity index (χ4v) is 3.88. The third-order valence-electron chi connectivity index (χ3n) is 4.45. The highest BCUT2D eigenvalue weighted by molar-refractivity contribution is 7.99. The number of anilines is 1. The van der Waals surface area contributed by atoms with Crippen LogP contribution >= 0.6 is 23.4 Å². The van der Waals surface area contributed by atoms with Crippen LogP contribution < -0.4 is 5.32 Å². The van der Waals surface area contributed by atoms with E-state index in [1.807, 2.05) is 13.0 Å². The number of halogens is 1. The molecule has 0 aliphatic carbocycles. The van der Waals surface area contributed by atoms with E-state index in [0.717, 1.165) is 27.5 Å². The number of hydrogen-bond donors (Lipinski definition) is 2. The van der Waals surface area contributed by atoms with E-state index in [9.17, 15) is 4.79 Å². The fraction of sp³-hybridized carbons (Fsp3) is 0.200. The molecule has 2 aromatic heterocycles. The van der Waals surface area contributed by atoms with Crippen LogP contribution in [0, 0.1) is 20.8 Å². The first-order chi connectivity index (χ1) is 13.4. The zero-order valence-corrected chi connectivity index (χ0v) is 17.2. The summed E-state index contributed by atoms with van der Waals surface area (Å²) in [4.78, 5) is 20.1. The Labute approximate surface area is 171 Å². The maximum Gasteiger partial charge on any atom is 0.234 e. The topological polar surface area (TPSA) is 83.6 Å². The Morgan fingerprint density at radius 1 is 1.14 bits per heavy atom. The van der Waals surface area contributed by atoms with Gasteiger partial charge in [0.2, 0.25) is 11.1 Å². The number of carbonyl (C=O) groups excluding carboxylic acids is 1. The molecule has 0 fully saturated rings. The Bertz CT molecular complexity index is 1220. The van der Waals surface area contributed by atoms with Crippen LogP contribution in [0.15, 0.2) is 35.5 Å². The highest BCUT2D eigenvalue weighted by Gasteiger charge is 2.13. The molecule has 28 heavy (non-hydrogen) atoms. The summed E-state index contributed by atoms with van der Waals surface area (Å²) in [7, 11) is 0. The number of amides is 1. The number of aryl methyl sites for hydroxylation is 3. The van der Waals surface area contributed by atoms with Crippen molar-refractivity contribution in [3.05, 3.63) is 52.0 Å². The molecule has 0 radical (unpaired) electrons. The molecule has 0 saturated heterocycles. The van der Waals surface area contributed by atoms with Gasteiger partial charge < -0.3 is 10.3 Å². The highest BCUT2D eigenvalue weighted by atomic mass is 35.5. The lowest BCUT2D eigenvalue weighted by molar-refractivity contribution is -0.113. The normalized spacial score (nSPS) is 11.3. The number of aromatic amines is 1. The largest absolute Gasteiger partial charge is 0.337 e. The molecule has 4 aromatic rings. The predicted octanol–water partition coefficient (Wildman–Crippen LogP) is 4.82. The fourth-order valence-electron chi connectivity index (χ4n) is 3.12. The predicted molar refractivity (Wildman–Crippen MR) is 114 cm³/mol. The second-order valence-electron chi connectivity index (χ2n) is 6.72. The van der Waals surface area contributed by atoms with Crippen molar-refractivity contribution in [2.45, 2.75) is 25.9 Å². The van der Waals surface area contributed by atoms with Crippen LogP contribution in [0.2, 0.25) is 5.02 Å². The minimum absolute atomic E-state index is 0.151. The zero-order chi connectivity index (χ0) is 19.8. The van der Waals surface area contributed by atoms with Gasteiger partial charge in [-0.15, -0.1) is 10.2 Å². The first kappa shape index (κ1) is 18.7. The third kappa shape index (κ3) is 3.68. The quantitative estimate of drug-likeness (QED) is 0.470. The number of H-pyrrole nitrogens is 1. The summed E-state index contributed by atoms with van der Waals surface area (Å²) in [6.07, 6.45) is 0. The molecule has 2 N–H and O–H groups in total. The summed E-state index contributed by atoms with van der Waals surface area (Å²) in [5.74, 6) is 0.0273. The highest BCUT2D eigenvalue weighted by Crippen LogP contribution is 2.27. The Morgan fingerprint density at radius 3 is 2.79 bits per heavy atom. The number of rotatable bonds is 4. The van der Waals surface area contributed by atoms with E-state index < -0.39 is 0 Å². The van der Waals surface area contributed by atoms with Crippen LogP contribution in [-0.4, -0.2) is 31.8 Å². The average Bonchev–Trinajstić information content (AvgIpc) is 3.01. The van der Waals surface area contributed by atoms with Gasteiger partial charge in [-0.1, -0.05) is 41.1 Å². The van der Waals surface area contributed by atoms with Gasteiger partial charge in [0.25, 0.3) is 0 Å². The van der Waals surface area contributed by atoms with Gasteiger partial charge in [-0.2, -0.15) is 0 Å². The number of benzene rings is 2. The SMILES string of the molecule is Cc1cc(C)c2[nH]c3nc(SCC(=O)Nc4cc(Cl)ccc4C)nnc3c2c1. The molecule has 1 amide bonds. The molecular formula is C20H18ClN5OS. The van der Waals surface area contributed by atoms with Gasteiger partial charge in [0.15, 0.2) is 5.65 Å². The van der Waals surface area contributed by atoms with Crippen molar-refractivity contribution in [2.75, 3.05) is 11.1 Å². The molecule has 0 bridgehead atoms. The number of fused-ring (bicyclic) bond motifs is 3. The standard InChI is InChI=1S/C20H18ClN5OS/c1-10-6-12(3)17-14(7-10)18-19(23-17)24-20(26-25-18)28-9-16(27)22-15-8-13(21)5-4-11(15)2/h4-8H,9H2,1-3H3,(H,22,27)(H,23,24,26). The van der Waals surface area contributed by atoms with Crippen molar-refractivity contribution in [3.63, 3.8) is 0 Å². The van der Waals surface area contributed by atoms with Crippen molar-refractivity contribution < 1.29 is 4.79 Å². The minimum atomic E-state index is -0.151. The number of aromatic nitrogens is 4. The van der Waals surface area contributed by atoms with Crippen molar-refractivity contribution in [1.29, 1.82) is 0 Å². The van der Waals surface area contributed by atoms with E-state index in [1.165, 1.54) is 17.3 Å². The number of thioether (sulfide) groups is 1. The molecular weight excluding hydrogens is 394 g/mol. The van der Waals surface area contributed by atoms with Crippen LogP contribution in [0.4, 0.5) is 5.69 Å². The molecule has 0 spiro atoms. The summed E-state index contributed by atoms with van der Waals surface area (Å²) in [5, 5.41) is 13.4. The van der Waals surface area contributed by atoms with Crippen molar-refractivity contribution in [1.82, 2.24) is 20.2 Å². The second-order valence-corrected chi connectivity index (χ2v) is 8.10. The Hall–Kier alpha value is -2.64. The summed E-state index contributed by atoms with van der Waals surface area (Å²) in [6.45, 7) is 6.02. The van der Waals surface area contributed by atoms with E-state index >= 15 is 0 Å². The zero-order valence-electron chi connectivity index (χ0n) is 15.6. The van der Waals surface area contributed by atoms with Gasteiger partial charge in [-0.05, 0) is 50.1 Å². The van der Waals surface area contributed by atoms with Gasteiger partial charge in [0.1, 0.15) is 5.52 Å². The van der Waals surface area contributed by atoms with Crippen molar-refractivity contribution in [2.24, 2.45) is 0 Å². The third-order valence-corrected chi connectivity index (χ3v) is 5.52.